The molecule has 3 heterocycles. The molecule has 2 aromatic heterocycles. The Morgan fingerprint density at radius 1 is 1.32 bits per heavy atom. The Balaban J connectivity index is 1.37. The van der Waals surface area contributed by atoms with Gasteiger partial charge in [-0.3, -0.25) is 9.69 Å². The second-order valence-electron chi connectivity index (χ2n) is 6.86. The Kier molecular flexibility index (Phi) is 4.24. The molecule has 2 aromatic rings. The van der Waals surface area contributed by atoms with Gasteiger partial charge in [-0.2, -0.15) is 4.98 Å². The number of carbonyl (C=O) groups excluding carboxylic acids is 1. The van der Waals surface area contributed by atoms with Gasteiger partial charge in [0.05, 0.1) is 13.1 Å². The van der Waals surface area contributed by atoms with E-state index in [9.17, 15) is 4.79 Å². The van der Waals surface area contributed by atoms with E-state index in [2.05, 4.69) is 25.2 Å². The molecule has 1 atom stereocenters. The minimum absolute atomic E-state index is 0.0262. The van der Waals surface area contributed by atoms with E-state index in [0.29, 0.717) is 42.5 Å². The highest BCUT2D eigenvalue weighted by Gasteiger charge is 2.33. The average Bonchev–Trinajstić information content (AvgIpc) is 2.95. The van der Waals surface area contributed by atoms with Crippen LogP contribution < -0.4 is 0 Å². The summed E-state index contributed by atoms with van der Waals surface area (Å²) >= 11 is 0. The fourth-order valence-corrected chi connectivity index (χ4v) is 3.28. The largest absolute Gasteiger partial charge is 0.424 e. The average molecular weight is 346 g/mol. The summed E-state index contributed by atoms with van der Waals surface area (Å²) in [6.45, 7) is 6.03. The molecular formula is C16H22N6O3. The number of likely N-dealkylation sites (tertiary alicyclic amines) is 1. The Morgan fingerprint density at radius 2 is 2.16 bits per heavy atom. The van der Waals surface area contributed by atoms with Gasteiger partial charge >= 0.3 is 0 Å². The van der Waals surface area contributed by atoms with Gasteiger partial charge < -0.3 is 13.8 Å². The number of nitrogens with zero attached hydrogens (tertiary/aromatic N) is 6. The Hall–Kier alpha value is -2.29. The molecule has 0 spiro atoms. The molecule has 134 valence electrons. The van der Waals surface area contributed by atoms with Crippen LogP contribution in [0.15, 0.2) is 8.94 Å². The van der Waals surface area contributed by atoms with Crippen LogP contribution >= 0.6 is 0 Å². The molecule has 1 saturated carbocycles. The number of amides is 1. The van der Waals surface area contributed by atoms with Gasteiger partial charge in [-0.25, -0.2) is 0 Å². The first-order chi connectivity index (χ1) is 12.1. The van der Waals surface area contributed by atoms with Crippen molar-refractivity contribution >= 4 is 5.91 Å². The molecule has 9 nitrogen and oxygen atoms in total. The van der Waals surface area contributed by atoms with E-state index >= 15 is 0 Å². The smallest absolute Gasteiger partial charge is 0.230 e. The first-order valence-corrected chi connectivity index (χ1v) is 8.69. The summed E-state index contributed by atoms with van der Waals surface area (Å²) in [5, 5.41) is 11.9. The molecule has 0 N–H and O–H groups in total. The number of aryl methyl sites for hydroxylation is 1. The molecule has 1 amide bonds. The number of rotatable bonds is 6. The van der Waals surface area contributed by atoms with Gasteiger partial charge in [0.15, 0.2) is 5.82 Å². The molecule has 2 fully saturated rings. The highest BCUT2D eigenvalue weighted by molar-refractivity contribution is 5.73. The van der Waals surface area contributed by atoms with Crippen molar-refractivity contribution in [1.82, 2.24) is 30.1 Å². The third kappa shape index (κ3) is 3.71. The predicted octanol–water partition coefficient (Wildman–Crippen LogP) is 1.26. The summed E-state index contributed by atoms with van der Waals surface area (Å²) in [7, 11) is 0. The van der Waals surface area contributed by atoms with E-state index in [-0.39, 0.29) is 11.9 Å². The number of aromatic nitrogens is 4. The minimum atomic E-state index is 0.0262. The topological polar surface area (TPSA) is 101 Å². The second kappa shape index (κ2) is 6.55. The molecule has 9 heteroatoms. The van der Waals surface area contributed by atoms with Gasteiger partial charge in [0.1, 0.15) is 0 Å². The van der Waals surface area contributed by atoms with Gasteiger partial charge in [-0.1, -0.05) is 5.16 Å². The third-order valence-corrected chi connectivity index (χ3v) is 4.74. The highest BCUT2D eigenvalue weighted by Crippen LogP contribution is 2.38. The van der Waals surface area contributed by atoms with Crippen molar-refractivity contribution in [2.75, 3.05) is 13.1 Å². The Bertz CT molecular complexity index is 753. The van der Waals surface area contributed by atoms with E-state index in [1.807, 2.05) is 4.90 Å². The zero-order chi connectivity index (χ0) is 17.4. The van der Waals surface area contributed by atoms with E-state index in [1.165, 1.54) is 0 Å². The van der Waals surface area contributed by atoms with Crippen molar-refractivity contribution < 1.29 is 13.7 Å². The first kappa shape index (κ1) is 16.2. The summed E-state index contributed by atoms with van der Waals surface area (Å²) in [6, 6.07) is 0.129. The molecule has 0 bridgehead atoms. The van der Waals surface area contributed by atoms with Crippen LogP contribution in [0.1, 0.15) is 55.6 Å². The number of carbonyl (C=O) groups is 1. The SMILES string of the molecule is CC(=O)N(Cc1noc(C2CC2)n1)C1CCN(Cc2nnc(C)o2)C1. The van der Waals surface area contributed by atoms with E-state index in [4.69, 9.17) is 8.94 Å². The van der Waals surface area contributed by atoms with Gasteiger partial charge in [0.2, 0.25) is 23.6 Å². The lowest BCUT2D eigenvalue weighted by Gasteiger charge is -2.26. The van der Waals surface area contributed by atoms with Crippen LogP contribution in [0.4, 0.5) is 0 Å². The second-order valence-corrected chi connectivity index (χ2v) is 6.86. The van der Waals surface area contributed by atoms with Gasteiger partial charge in [0.25, 0.3) is 0 Å². The number of hydrogen-bond acceptors (Lipinski definition) is 8. The molecule has 0 aromatic carbocycles. The Morgan fingerprint density at radius 3 is 2.84 bits per heavy atom. The monoisotopic (exact) mass is 346 g/mol. The molecule has 1 aliphatic carbocycles. The molecule has 25 heavy (non-hydrogen) atoms. The van der Waals surface area contributed by atoms with Crippen molar-refractivity contribution in [3.8, 4) is 0 Å². The van der Waals surface area contributed by atoms with Crippen LogP contribution in [0.25, 0.3) is 0 Å². The van der Waals surface area contributed by atoms with Crippen LogP contribution in [-0.4, -0.2) is 55.2 Å². The highest BCUT2D eigenvalue weighted by atomic mass is 16.5. The normalized spacial score (nSPS) is 21.0. The summed E-state index contributed by atoms with van der Waals surface area (Å²) in [5.41, 5.74) is 0. The summed E-state index contributed by atoms with van der Waals surface area (Å²) in [5.74, 6) is 2.92. The van der Waals surface area contributed by atoms with Crippen molar-refractivity contribution in [2.45, 2.75) is 58.2 Å². The predicted molar refractivity (Wildman–Crippen MR) is 85.2 cm³/mol. The van der Waals surface area contributed by atoms with Crippen LogP contribution in [0.2, 0.25) is 0 Å². The van der Waals surface area contributed by atoms with Gasteiger partial charge in [-0.05, 0) is 19.3 Å². The lowest BCUT2D eigenvalue weighted by atomic mass is 10.2. The fraction of sp³-hybridized carbons (Fsp3) is 0.688. The van der Waals surface area contributed by atoms with E-state index in [1.54, 1.807) is 13.8 Å². The van der Waals surface area contributed by atoms with Gasteiger partial charge in [0, 0.05) is 38.9 Å². The standard InChI is InChI=1S/C16H22N6O3/c1-10-18-19-15(24-10)9-21-6-5-13(7-21)22(11(2)23)8-14-17-16(25-20-14)12-3-4-12/h12-13H,3-9H2,1-2H3. The van der Waals surface area contributed by atoms with Gasteiger partial charge in [-0.15, -0.1) is 10.2 Å². The third-order valence-electron chi connectivity index (χ3n) is 4.74. The maximum Gasteiger partial charge on any atom is 0.230 e. The lowest BCUT2D eigenvalue weighted by Crippen LogP contribution is -2.40. The zero-order valence-electron chi connectivity index (χ0n) is 14.5. The maximum atomic E-state index is 12.1. The zero-order valence-corrected chi connectivity index (χ0v) is 14.5. The van der Waals surface area contributed by atoms with Crippen LogP contribution in [0.3, 0.4) is 0 Å². The summed E-state index contributed by atoms with van der Waals surface area (Å²) < 4.78 is 10.7. The lowest BCUT2D eigenvalue weighted by molar-refractivity contribution is -0.131. The Labute approximate surface area is 145 Å². The molecule has 1 saturated heterocycles. The minimum Gasteiger partial charge on any atom is -0.424 e. The molecule has 2 aliphatic rings. The maximum absolute atomic E-state index is 12.1. The number of hydrogen-bond donors (Lipinski definition) is 0. The molecular weight excluding hydrogens is 324 g/mol. The van der Waals surface area contributed by atoms with Crippen molar-refractivity contribution in [3.63, 3.8) is 0 Å². The first-order valence-electron chi connectivity index (χ1n) is 8.69. The van der Waals surface area contributed by atoms with Crippen molar-refractivity contribution in [1.29, 1.82) is 0 Å². The van der Waals surface area contributed by atoms with Crippen LogP contribution in [0.5, 0.6) is 0 Å². The molecule has 1 aliphatic heterocycles. The van der Waals surface area contributed by atoms with Crippen molar-refractivity contribution in [3.05, 3.63) is 23.5 Å². The molecule has 1 unspecified atom stereocenters. The fourth-order valence-electron chi connectivity index (χ4n) is 3.28. The summed E-state index contributed by atoms with van der Waals surface area (Å²) in [6.07, 6.45) is 3.13. The van der Waals surface area contributed by atoms with E-state index in [0.717, 1.165) is 32.4 Å². The molecule has 4 rings (SSSR count). The van der Waals surface area contributed by atoms with Crippen LogP contribution in [-0.2, 0) is 17.9 Å². The van der Waals surface area contributed by atoms with E-state index < -0.39 is 0 Å². The van der Waals surface area contributed by atoms with Crippen molar-refractivity contribution in [2.24, 2.45) is 0 Å². The van der Waals surface area contributed by atoms with Crippen LogP contribution in [0, 0.1) is 6.92 Å². The summed E-state index contributed by atoms with van der Waals surface area (Å²) in [4.78, 5) is 20.6. The molecule has 0 radical (unpaired) electrons. The quantitative estimate of drug-likeness (QED) is 0.770.